The SMILES string of the molecule is CC1Cc2cc(Cl)cc(C(=O)OC3C[C@H]4CC[C@@H](C3)N4C)c2O1. The molecule has 2 unspecified atom stereocenters. The average molecular weight is 336 g/mol. The fourth-order valence-corrected chi connectivity index (χ4v) is 4.56. The Morgan fingerprint density at radius 3 is 2.70 bits per heavy atom. The highest BCUT2D eigenvalue weighted by Gasteiger charge is 2.40. The number of ether oxygens (including phenoxy) is 2. The molecule has 0 saturated carbocycles. The topological polar surface area (TPSA) is 38.8 Å². The van der Waals surface area contributed by atoms with E-state index < -0.39 is 0 Å². The van der Waals surface area contributed by atoms with Crippen LogP contribution in [0, 0.1) is 0 Å². The minimum absolute atomic E-state index is 0.00431. The van der Waals surface area contributed by atoms with Crippen LogP contribution in [0.3, 0.4) is 0 Å². The molecule has 0 radical (unpaired) electrons. The van der Waals surface area contributed by atoms with Crippen molar-refractivity contribution in [2.24, 2.45) is 0 Å². The van der Waals surface area contributed by atoms with E-state index in [1.165, 1.54) is 12.8 Å². The minimum Gasteiger partial charge on any atom is -0.489 e. The number of rotatable bonds is 2. The molecule has 0 aliphatic carbocycles. The zero-order valence-corrected chi connectivity index (χ0v) is 14.3. The molecule has 3 heterocycles. The van der Waals surface area contributed by atoms with Gasteiger partial charge in [0.1, 0.15) is 23.5 Å². The number of fused-ring (bicyclic) bond motifs is 3. The van der Waals surface area contributed by atoms with Gasteiger partial charge in [0.15, 0.2) is 0 Å². The zero-order valence-electron chi connectivity index (χ0n) is 13.5. The van der Waals surface area contributed by atoms with Crippen LogP contribution in [0.5, 0.6) is 5.75 Å². The highest BCUT2D eigenvalue weighted by atomic mass is 35.5. The summed E-state index contributed by atoms with van der Waals surface area (Å²) in [6.07, 6.45) is 5.15. The van der Waals surface area contributed by atoms with Gasteiger partial charge in [-0.3, -0.25) is 0 Å². The first kappa shape index (κ1) is 15.3. The second-order valence-corrected chi connectivity index (χ2v) is 7.56. The van der Waals surface area contributed by atoms with Crippen LogP contribution in [0.15, 0.2) is 12.1 Å². The first-order valence-corrected chi connectivity index (χ1v) is 8.81. The van der Waals surface area contributed by atoms with Crippen LogP contribution in [0.1, 0.15) is 48.5 Å². The molecule has 3 aliphatic rings. The van der Waals surface area contributed by atoms with E-state index in [1.807, 2.05) is 13.0 Å². The third-order valence-corrected chi connectivity index (χ3v) is 5.72. The van der Waals surface area contributed by atoms with Gasteiger partial charge in [0, 0.05) is 41.9 Å². The van der Waals surface area contributed by atoms with Gasteiger partial charge in [-0.05, 0) is 38.9 Å². The van der Waals surface area contributed by atoms with Crippen molar-refractivity contribution in [3.63, 3.8) is 0 Å². The fraction of sp³-hybridized carbons (Fsp3) is 0.611. The number of carbonyl (C=O) groups excluding carboxylic acids is 1. The molecule has 2 bridgehead atoms. The lowest BCUT2D eigenvalue weighted by atomic mass is 10.0. The van der Waals surface area contributed by atoms with Crippen molar-refractivity contribution in [2.75, 3.05) is 7.05 Å². The lowest BCUT2D eigenvalue weighted by Gasteiger charge is -2.35. The molecule has 124 valence electrons. The largest absolute Gasteiger partial charge is 0.489 e. The Balaban J connectivity index is 1.52. The number of nitrogens with zero attached hydrogens (tertiary/aromatic N) is 1. The lowest BCUT2D eigenvalue weighted by Crippen LogP contribution is -2.43. The second kappa shape index (κ2) is 5.67. The summed E-state index contributed by atoms with van der Waals surface area (Å²) in [5, 5.41) is 0.567. The van der Waals surface area contributed by atoms with E-state index in [0.29, 0.717) is 28.4 Å². The summed E-state index contributed by atoms with van der Waals surface area (Å²) in [6, 6.07) is 4.65. The van der Waals surface area contributed by atoms with Gasteiger partial charge in [0.2, 0.25) is 0 Å². The van der Waals surface area contributed by atoms with Crippen LogP contribution in [0.4, 0.5) is 0 Å². The molecular formula is C18H22ClNO3. The number of esters is 1. The van der Waals surface area contributed by atoms with E-state index in [-0.39, 0.29) is 18.2 Å². The predicted molar refractivity (Wildman–Crippen MR) is 88.3 cm³/mol. The van der Waals surface area contributed by atoms with E-state index in [9.17, 15) is 4.79 Å². The Hall–Kier alpha value is -1.26. The summed E-state index contributed by atoms with van der Waals surface area (Å²) in [5.41, 5.74) is 1.48. The lowest BCUT2D eigenvalue weighted by molar-refractivity contribution is -0.000750. The van der Waals surface area contributed by atoms with Crippen molar-refractivity contribution in [2.45, 2.75) is 63.3 Å². The smallest absolute Gasteiger partial charge is 0.342 e. The first-order valence-electron chi connectivity index (χ1n) is 8.43. The fourth-order valence-electron chi connectivity index (χ4n) is 4.32. The monoisotopic (exact) mass is 335 g/mol. The Kier molecular flexibility index (Phi) is 3.77. The first-order chi connectivity index (χ1) is 11.0. The molecular weight excluding hydrogens is 314 g/mol. The summed E-state index contributed by atoms with van der Waals surface area (Å²) in [4.78, 5) is 15.1. The minimum atomic E-state index is -0.299. The van der Waals surface area contributed by atoms with Gasteiger partial charge in [-0.1, -0.05) is 11.6 Å². The van der Waals surface area contributed by atoms with Gasteiger partial charge >= 0.3 is 5.97 Å². The molecule has 2 saturated heterocycles. The van der Waals surface area contributed by atoms with Crippen molar-refractivity contribution in [1.82, 2.24) is 4.90 Å². The van der Waals surface area contributed by atoms with Gasteiger partial charge in [-0.15, -0.1) is 0 Å². The molecule has 0 amide bonds. The van der Waals surface area contributed by atoms with Gasteiger partial charge in [0.25, 0.3) is 0 Å². The van der Waals surface area contributed by atoms with Gasteiger partial charge in [0.05, 0.1) is 0 Å². The summed E-state index contributed by atoms with van der Waals surface area (Å²) in [6.45, 7) is 2.00. The second-order valence-electron chi connectivity index (χ2n) is 7.12. The number of piperidine rings is 1. The van der Waals surface area contributed by atoms with E-state index in [1.54, 1.807) is 6.07 Å². The quantitative estimate of drug-likeness (QED) is 0.776. The van der Waals surface area contributed by atoms with E-state index in [4.69, 9.17) is 21.1 Å². The Morgan fingerprint density at radius 1 is 1.30 bits per heavy atom. The summed E-state index contributed by atoms with van der Waals surface area (Å²) in [5.74, 6) is 0.356. The number of benzene rings is 1. The molecule has 4 atom stereocenters. The van der Waals surface area contributed by atoms with Crippen molar-refractivity contribution in [1.29, 1.82) is 0 Å². The summed E-state index contributed by atoms with van der Waals surface area (Å²) < 4.78 is 11.6. The molecule has 1 aromatic rings. The average Bonchev–Trinajstić information content (AvgIpc) is 2.93. The number of halogens is 1. The van der Waals surface area contributed by atoms with E-state index in [0.717, 1.165) is 24.8 Å². The van der Waals surface area contributed by atoms with Gasteiger partial charge < -0.3 is 14.4 Å². The molecule has 23 heavy (non-hydrogen) atoms. The molecule has 5 heteroatoms. The maximum absolute atomic E-state index is 12.7. The Morgan fingerprint density at radius 2 is 2.00 bits per heavy atom. The molecule has 2 fully saturated rings. The van der Waals surface area contributed by atoms with Gasteiger partial charge in [-0.25, -0.2) is 4.79 Å². The highest BCUT2D eigenvalue weighted by molar-refractivity contribution is 6.31. The normalized spacial score (nSPS) is 32.5. The predicted octanol–water partition coefficient (Wildman–Crippen LogP) is 3.45. The Bertz CT molecular complexity index is 633. The van der Waals surface area contributed by atoms with Crippen LogP contribution in [0.2, 0.25) is 5.02 Å². The number of carbonyl (C=O) groups is 1. The van der Waals surface area contributed by atoms with E-state index in [2.05, 4.69) is 11.9 Å². The Labute approximate surface area is 141 Å². The van der Waals surface area contributed by atoms with Crippen molar-refractivity contribution in [3.05, 3.63) is 28.3 Å². The molecule has 3 aliphatic heterocycles. The molecule has 0 aromatic heterocycles. The van der Waals surface area contributed by atoms with Crippen LogP contribution < -0.4 is 4.74 Å². The van der Waals surface area contributed by atoms with E-state index >= 15 is 0 Å². The van der Waals surface area contributed by atoms with Crippen LogP contribution in [-0.2, 0) is 11.2 Å². The van der Waals surface area contributed by atoms with Crippen LogP contribution >= 0.6 is 11.6 Å². The number of hydrogen-bond donors (Lipinski definition) is 0. The molecule has 4 nitrogen and oxygen atoms in total. The third kappa shape index (κ3) is 2.72. The molecule has 0 spiro atoms. The summed E-state index contributed by atoms with van der Waals surface area (Å²) >= 11 is 6.17. The third-order valence-electron chi connectivity index (χ3n) is 5.51. The van der Waals surface area contributed by atoms with Crippen LogP contribution in [0.25, 0.3) is 0 Å². The maximum atomic E-state index is 12.7. The molecule has 4 rings (SSSR count). The van der Waals surface area contributed by atoms with Crippen molar-refractivity contribution in [3.8, 4) is 5.75 Å². The standard InChI is InChI=1S/C18H22ClNO3/c1-10-5-11-6-12(19)7-16(17(11)22-10)18(21)23-15-8-13-3-4-14(9-15)20(13)2/h6-7,10,13-15H,3-5,8-9H2,1-2H3/t10?,13-,14+,15?. The molecule has 0 N–H and O–H groups in total. The van der Waals surface area contributed by atoms with Crippen LogP contribution in [-0.4, -0.2) is 42.2 Å². The highest BCUT2D eigenvalue weighted by Crippen LogP contribution is 2.38. The zero-order chi connectivity index (χ0) is 16.1. The number of hydrogen-bond acceptors (Lipinski definition) is 4. The van der Waals surface area contributed by atoms with Crippen molar-refractivity contribution >= 4 is 17.6 Å². The summed E-state index contributed by atoms with van der Waals surface area (Å²) in [7, 11) is 2.18. The van der Waals surface area contributed by atoms with Gasteiger partial charge in [-0.2, -0.15) is 0 Å². The van der Waals surface area contributed by atoms with Crippen molar-refractivity contribution < 1.29 is 14.3 Å². The maximum Gasteiger partial charge on any atom is 0.342 e. The molecule has 1 aromatic carbocycles.